The summed E-state index contributed by atoms with van der Waals surface area (Å²) in [5.41, 5.74) is 0.894. The number of hydrogen-bond acceptors (Lipinski definition) is 7. The van der Waals surface area contributed by atoms with Crippen LogP contribution in [0.15, 0.2) is 36.9 Å². The lowest BCUT2D eigenvalue weighted by atomic mass is 10.1. The number of carbonyl (C=O) groups is 2. The Balaban J connectivity index is 0.00000180. The number of nitrogens with one attached hydrogen (secondary N) is 2. The first-order chi connectivity index (χ1) is 16.5. The number of nitrogens with zero attached hydrogens (tertiary/aromatic N) is 1. The first kappa shape index (κ1) is 28.0. The topological polar surface area (TPSA) is 98.8 Å². The van der Waals surface area contributed by atoms with Crippen LogP contribution in [0.5, 0.6) is 11.5 Å². The maximum Gasteiger partial charge on any atom is 0.332 e. The summed E-state index contributed by atoms with van der Waals surface area (Å²) in [7, 11) is 1.64. The number of hydrogen-bond donors (Lipinski definition) is 2. The summed E-state index contributed by atoms with van der Waals surface area (Å²) < 4.78 is 17.0. The maximum absolute atomic E-state index is 13.0. The van der Waals surface area contributed by atoms with Gasteiger partial charge in [0.2, 0.25) is 5.91 Å². The van der Waals surface area contributed by atoms with E-state index in [1.54, 1.807) is 20.1 Å². The van der Waals surface area contributed by atoms with Crippen LogP contribution in [0.2, 0.25) is 0 Å². The Labute approximate surface area is 223 Å². The van der Waals surface area contributed by atoms with Crippen LogP contribution in [0.4, 0.5) is 0 Å². The zero-order chi connectivity index (χ0) is 23.9. The van der Waals surface area contributed by atoms with Gasteiger partial charge in [0, 0.05) is 48.0 Å². The molecule has 3 fully saturated rings. The Morgan fingerprint density at radius 2 is 2.06 bits per heavy atom. The first-order valence-corrected chi connectivity index (χ1v) is 12.0. The molecule has 0 unspecified atom stereocenters. The lowest BCUT2D eigenvalue weighted by Crippen LogP contribution is -2.51. The first-order valence-electron chi connectivity index (χ1n) is 12.0. The highest BCUT2D eigenvalue weighted by Gasteiger charge is 2.61. The van der Waals surface area contributed by atoms with Crippen LogP contribution >= 0.6 is 24.8 Å². The van der Waals surface area contributed by atoms with Gasteiger partial charge in [-0.05, 0) is 38.3 Å². The van der Waals surface area contributed by atoms with E-state index >= 15 is 0 Å². The van der Waals surface area contributed by atoms with Crippen molar-refractivity contribution in [3.8, 4) is 11.5 Å². The third kappa shape index (κ3) is 5.41. The Morgan fingerprint density at radius 1 is 1.28 bits per heavy atom. The number of pyridine rings is 1. The number of methoxy groups -OCH3 is 1. The van der Waals surface area contributed by atoms with Crippen LogP contribution in [-0.2, 0) is 14.3 Å². The number of fused-ring (bicyclic) bond motifs is 1. The Bertz CT molecular complexity index is 1140. The van der Waals surface area contributed by atoms with Gasteiger partial charge in [-0.15, -0.1) is 31.4 Å². The number of benzene rings is 1. The average Bonchev–Trinajstić information content (AvgIpc) is 3.76. The normalized spacial score (nSPS) is 26.2. The van der Waals surface area contributed by atoms with E-state index < -0.39 is 17.6 Å². The standard InChI is InChI=1S/C26H31N3O5.2ClH/c1-4-16-13-26(16,25(31)33-5-2)29-24(30)22-11-18(14-27-22)34-23-12-20(15-6-7-15)28-21-10-17(32-3)8-9-19(21)23;;/h4,8-10,12,15-16,18,22,27H,1,5-7,11,13-14H2,2-3H3,(H,29,30);2*1H/t16-,18-,22+,26-;;/m1../s1. The van der Waals surface area contributed by atoms with Gasteiger partial charge in [-0.25, -0.2) is 4.79 Å². The second-order valence-corrected chi connectivity index (χ2v) is 9.37. The highest BCUT2D eigenvalue weighted by molar-refractivity contribution is 5.94. The molecule has 8 nitrogen and oxygen atoms in total. The highest BCUT2D eigenvalue weighted by atomic mass is 35.5. The molecule has 1 saturated heterocycles. The van der Waals surface area contributed by atoms with Crippen LogP contribution in [0.3, 0.4) is 0 Å². The number of ether oxygens (including phenoxy) is 3. The van der Waals surface area contributed by atoms with Crippen molar-refractivity contribution in [1.29, 1.82) is 0 Å². The van der Waals surface area contributed by atoms with Crippen LogP contribution in [0.25, 0.3) is 10.9 Å². The van der Waals surface area contributed by atoms with Gasteiger partial charge >= 0.3 is 5.97 Å². The second kappa shape index (κ2) is 11.2. The van der Waals surface area contributed by atoms with E-state index in [9.17, 15) is 9.59 Å². The zero-order valence-electron chi connectivity index (χ0n) is 20.5. The molecule has 36 heavy (non-hydrogen) atoms. The maximum atomic E-state index is 13.0. The molecule has 1 aromatic carbocycles. The van der Waals surface area contributed by atoms with E-state index in [0.717, 1.165) is 40.9 Å². The van der Waals surface area contributed by atoms with E-state index in [1.165, 1.54) is 0 Å². The second-order valence-electron chi connectivity index (χ2n) is 9.37. The lowest BCUT2D eigenvalue weighted by molar-refractivity contribution is -0.149. The monoisotopic (exact) mass is 537 g/mol. The van der Waals surface area contributed by atoms with Crippen molar-refractivity contribution in [2.45, 2.75) is 56.2 Å². The minimum absolute atomic E-state index is 0. The third-order valence-electron chi connectivity index (χ3n) is 6.98. The average molecular weight is 538 g/mol. The summed E-state index contributed by atoms with van der Waals surface area (Å²) in [5.74, 6) is 1.29. The fourth-order valence-electron chi connectivity index (χ4n) is 4.75. The van der Waals surface area contributed by atoms with E-state index in [1.807, 2.05) is 24.3 Å². The van der Waals surface area contributed by atoms with Crippen molar-refractivity contribution in [3.05, 3.63) is 42.6 Å². The summed E-state index contributed by atoms with van der Waals surface area (Å²) in [5, 5.41) is 7.10. The van der Waals surface area contributed by atoms with Crippen molar-refractivity contribution in [2.75, 3.05) is 20.3 Å². The van der Waals surface area contributed by atoms with Gasteiger partial charge in [-0.3, -0.25) is 9.78 Å². The predicted molar refractivity (Wildman–Crippen MR) is 141 cm³/mol. The summed E-state index contributed by atoms with van der Waals surface area (Å²) in [4.78, 5) is 30.3. The van der Waals surface area contributed by atoms with Crippen LogP contribution < -0.4 is 20.1 Å². The Morgan fingerprint density at radius 3 is 2.69 bits per heavy atom. The van der Waals surface area contributed by atoms with Gasteiger partial charge in [0.15, 0.2) is 0 Å². The molecule has 1 amide bonds. The molecule has 1 aromatic heterocycles. The van der Waals surface area contributed by atoms with Crippen LogP contribution in [0.1, 0.15) is 44.2 Å². The van der Waals surface area contributed by atoms with Crippen molar-refractivity contribution in [1.82, 2.24) is 15.6 Å². The molecule has 0 radical (unpaired) electrons. The van der Waals surface area contributed by atoms with Gasteiger partial charge in [0.1, 0.15) is 23.1 Å². The van der Waals surface area contributed by atoms with Crippen molar-refractivity contribution in [3.63, 3.8) is 0 Å². The van der Waals surface area contributed by atoms with Gasteiger partial charge in [0.05, 0.1) is 25.3 Å². The van der Waals surface area contributed by atoms with E-state index in [2.05, 4.69) is 17.2 Å². The minimum atomic E-state index is -0.991. The Kier molecular flexibility index (Phi) is 8.75. The lowest BCUT2D eigenvalue weighted by Gasteiger charge is -2.20. The zero-order valence-corrected chi connectivity index (χ0v) is 22.1. The smallest absolute Gasteiger partial charge is 0.332 e. The minimum Gasteiger partial charge on any atom is -0.497 e. The molecule has 2 N–H and O–H groups in total. The molecule has 1 aliphatic heterocycles. The Hall–Kier alpha value is -2.55. The van der Waals surface area contributed by atoms with Crippen LogP contribution in [-0.4, -0.2) is 54.8 Å². The fourth-order valence-corrected chi connectivity index (χ4v) is 4.75. The quantitative estimate of drug-likeness (QED) is 0.371. The number of amides is 1. The van der Waals surface area contributed by atoms with Gasteiger partial charge in [-0.2, -0.15) is 0 Å². The molecular formula is C26H33Cl2N3O5. The molecular weight excluding hydrogens is 505 g/mol. The molecule has 2 saturated carbocycles. The van der Waals surface area contributed by atoms with Crippen molar-refractivity contribution < 1.29 is 23.8 Å². The van der Waals surface area contributed by atoms with Gasteiger partial charge in [0.25, 0.3) is 0 Å². The molecule has 10 heteroatoms. The molecule has 5 rings (SSSR count). The largest absolute Gasteiger partial charge is 0.497 e. The molecule has 196 valence electrons. The van der Waals surface area contributed by atoms with Crippen LogP contribution in [0, 0.1) is 5.92 Å². The fraction of sp³-hybridized carbons (Fsp3) is 0.500. The predicted octanol–water partition coefficient (Wildman–Crippen LogP) is 3.70. The van der Waals surface area contributed by atoms with E-state index in [-0.39, 0.29) is 49.4 Å². The van der Waals surface area contributed by atoms with E-state index in [4.69, 9.17) is 19.2 Å². The summed E-state index contributed by atoms with van der Waals surface area (Å²) in [6, 6.07) is 7.38. The molecule has 0 spiro atoms. The third-order valence-corrected chi connectivity index (χ3v) is 6.98. The molecule has 2 aliphatic carbocycles. The summed E-state index contributed by atoms with van der Waals surface area (Å²) >= 11 is 0. The van der Waals surface area contributed by atoms with E-state index in [0.29, 0.717) is 25.3 Å². The SMILES string of the molecule is C=C[C@@H]1C[C@]1(NC(=O)[C@@H]1C[C@@H](Oc2cc(C3CC3)nc3cc(OC)ccc23)CN1)C(=O)OCC.Cl.Cl. The molecule has 0 bridgehead atoms. The number of carbonyl (C=O) groups excluding carboxylic acids is 2. The van der Waals surface area contributed by atoms with Gasteiger partial charge in [-0.1, -0.05) is 6.08 Å². The number of halogens is 2. The van der Waals surface area contributed by atoms with Gasteiger partial charge < -0.3 is 24.8 Å². The molecule has 2 heterocycles. The molecule has 3 aliphatic rings. The number of esters is 1. The molecule has 2 aromatic rings. The van der Waals surface area contributed by atoms with Crippen molar-refractivity contribution in [2.24, 2.45) is 5.92 Å². The number of aromatic nitrogens is 1. The summed E-state index contributed by atoms with van der Waals surface area (Å²) in [6.45, 7) is 6.34. The van der Waals surface area contributed by atoms with Crippen molar-refractivity contribution >= 4 is 47.6 Å². The molecule has 4 atom stereocenters. The summed E-state index contributed by atoms with van der Waals surface area (Å²) in [6.07, 6.45) is 4.83. The number of rotatable bonds is 9. The highest BCUT2D eigenvalue weighted by Crippen LogP contribution is 2.46.